The van der Waals surface area contributed by atoms with Crippen LogP contribution in [0.3, 0.4) is 0 Å². The van der Waals surface area contributed by atoms with Gasteiger partial charge >= 0.3 is 0 Å². The third-order valence-electron chi connectivity index (χ3n) is 4.88. The van der Waals surface area contributed by atoms with E-state index in [2.05, 4.69) is 95.9 Å². The number of hydrogen-bond acceptors (Lipinski definition) is 1. The maximum absolute atomic E-state index is 2.52. The lowest BCUT2D eigenvalue weighted by atomic mass is 9.99. The van der Waals surface area contributed by atoms with E-state index in [1.54, 1.807) is 0 Å². The highest BCUT2D eigenvalue weighted by atomic mass is 15.1. The molecule has 0 saturated heterocycles. The molecule has 124 valence electrons. The second-order valence-electron chi connectivity index (χ2n) is 6.65. The van der Waals surface area contributed by atoms with Crippen molar-refractivity contribution in [1.82, 2.24) is 4.90 Å². The van der Waals surface area contributed by atoms with E-state index < -0.39 is 0 Å². The molecule has 1 aliphatic rings. The van der Waals surface area contributed by atoms with Gasteiger partial charge in [0.05, 0.1) is 0 Å². The fourth-order valence-corrected chi connectivity index (χ4v) is 3.51. The summed E-state index contributed by atoms with van der Waals surface area (Å²) in [5, 5.41) is 0. The van der Waals surface area contributed by atoms with Crippen LogP contribution in [0.5, 0.6) is 0 Å². The van der Waals surface area contributed by atoms with Crippen molar-refractivity contribution in [3.05, 3.63) is 102 Å². The summed E-state index contributed by atoms with van der Waals surface area (Å²) in [4.78, 5) is 2.52. The second-order valence-corrected chi connectivity index (χ2v) is 6.65. The SMILES string of the molecule is C1=C(c2ccccc2)CCN(Cc2cccc(-c3ccccc3)c2)C1. The molecule has 3 aromatic carbocycles. The van der Waals surface area contributed by atoms with Crippen LogP contribution in [0, 0.1) is 0 Å². The molecule has 0 saturated carbocycles. The molecule has 0 aromatic heterocycles. The Morgan fingerprint density at radius 2 is 1.36 bits per heavy atom. The molecular formula is C24H23N. The number of rotatable bonds is 4. The second kappa shape index (κ2) is 7.50. The molecular weight excluding hydrogens is 302 g/mol. The normalized spacial score (nSPS) is 15.0. The van der Waals surface area contributed by atoms with Crippen molar-refractivity contribution >= 4 is 5.57 Å². The first-order valence-electron chi connectivity index (χ1n) is 9.00. The first-order chi connectivity index (χ1) is 12.4. The molecule has 0 radical (unpaired) electrons. The van der Waals surface area contributed by atoms with Crippen molar-refractivity contribution in [2.24, 2.45) is 0 Å². The van der Waals surface area contributed by atoms with Gasteiger partial charge in [-0.05, 0) is 40.3 Å². The highest BCUT2D eigenvalue weighted by molar-refractivity contribution is 5.66. The lowest BCUT2D eigenvalue weighted by molar-refractivity contribution is 0.294. The molecule has 3 aromatic rings. The zero-order valence-electron chi connectivity index (χ0n) is 14.4. The topological polar surface area (TPSA) is 3.24 Å². The lowest BCUT2D eigenvalue weighted by Gasteiger charge is -2.26. The van der Waals surface area contributed by atoms with Gasteiger partial charge in [0, 0.05) is 19.6 Å². The largest absolute Gasteiger partial charge is 0.295 e. The third kappa shape index (κ3) is 3.89. The minimum atomic E-state index is 1.01. The highest BCUT2D eigenvalue weighted by Gasteiger charge is 2.13. The van der Waals surface area contributed by atoms with E-state index >= 15 is 0 Å². The summed E-state index contributed by atoms with van der Waals surface area (Å²) in [5.41, 5.74) is 6.82. The van der Waals surface area contributed by atoms with E-state index in [1.807, 2.05) is 0 Å². The Balaban J connectivity index is 1.45. The van der Waals surface area contributed by atoms with Crippen LogP contribution in [-0.2, 0) is 6.54 Å². The Bertz CT molecular complexity index is 850. The van der Waals surface area contributed by atoms with Crippen molar-refractivity contribution < 1.29 is 0 Å². The van der Waals surface area contributed by atoms with E-state index in [0.717, 1.165) is 26.1 Å². The molecule has 0 atom stereocenters. The first kappa shape index (κ1) is 15.9. The monoisotopic (exact) mass is 325 g/mol. The summed E-state index contributed by atoms with van der Waals surface area (Å²) in [6.07, 6.45) is 3.52. The molecule has 0 unspecified atom stereocenters. The summed E-state index contributed by atoms with van der Waals surface area (Å²) in [6, 6.07) is 30.3. The standard InChI is InChI=1S/C24H23N/c1-3-9-21(10-4-1)23-14-16-25(17-15-23)19-20-8-7-13-24(18-20)22-11-5-2-6-12-22/h1-14,18H,15-17,19H2. The van der Waals surface area contributed by atoms with Crippen LogP contribution in [0.25, 0.3) is 16.7 Å². The van der Waals surface area contributed by atoms with Gasteiger partial charge in [0.2, 0.25) is 0 Å². The zero-order chi connectivity index (χ0) is 16.9. The van der Waals surface area contributed by atoms with Gasteiger partial charge in [-0.1, -0.05) is 84.9 Å². The van der Waals surface area contributed by atoms with E-state index in [4.69, 9.17) is 0 Å². The van der Waals surface area contributed by atoms with E-state index in [0.29, 0.717) is 0 Å². The van der Waals surface area contributed by atoms with Crippen molar-refractivity contribution in [1.29, 1.82) is 0 Å². The van der Waals surface area contributed by atoms with Crippen molar-refractivity contribution in [2.75, 3.05) is 13.1 Å². The molecule has 1 nitrogen and oxygen atoms in total. The molecule has 1 heteroatoms. The van der Waals surface area contributed by atoms with Gasteiger partial charge in [0.1, 0.15) is 0 Å². The van der Waals surface area contributed by atoms with Crippen LogP contribution in [0.1, 0.15) is 17.5 Å². The van der Waals surface area contributed by atoms with E-state index in [-0.39, 0.29) is 0 Å². The van der Waals surface area contributed by atoms with Gasteiger partial charge in [-0.25, -0.2) is 0 Å². The molecule has 25 heavy (non-hydrogen) atoms. The van der Waals surface area contributed by atoms with E-state index in [1.165, 1.54) is 27.8 Å². The minimum absolute atomic E-state index is 1.01. The summed E-state index contributed by atoms with van der Waals surface area (Å²) in [6.45, 7) is 3.16. The fourth-order valence-electron chi connectivity index (χ4n) is 3.51. The predicted molar refractivity (Wildman–Crippen MR) is 106 cm³/mol. The van der Waals surface area contributed by atoms with Gasteiger partial charge in [-0.15, -0.1) is 0 Å². The Morgan fingerprint density at radius 3 is 2.04 bits per heavy atom. The quantitative estimate of drug-likeness (QED) is 0.600. The summed E-state index contributed by atoms with van der Waals surface area (Å²) < 4.78 is 0. The molecule has 0 bridgehead atoms. The maximum atomic E-state index is 2.52. The van der Waals surface area contributed by atoms with E-state index in [9.17, 15) is 0 Å². The predicted octanol–water partition coefficient (Wildman–Crippen LogP) is 5.64. The van der Waals surface area contributed by atoms with Crippen LogP contribution in [-0.4, -0.2) is 18.0 Å². The van der Waals surface area contributed by atoms with Crippen molar-refractivity contribution in [2.45, 2.75) is 13.0 Å². The molecule has 0 amide bonds. The smallest absolute Gasteiger partial charge is 0.0237 e. The van der Waals surface area contributed by atoms with Crippen molar-refractivity contribution in [3.8, 4) is 11.1 Å². The first-order valence-corrected chi connectivity index (χ1v) is 9.00. The average Bonchev–Trinajstić information content (AvgIpc) is 2.70. The Kier molecular flexibility index (Phi) is 4.76. The van der Waals surface area contributed by atoms with Crippen LogP contribution in [0.15, 0.2) is 91.0 Å². The zero-order valence-corrected chi connectivity index (χ0v) is 14.4. The lowest BCUT2D eigenvalue weighted by Crippen LogP contribution is -2.28. The number of benzene rings is 3. The molecule has 0 fully saturated rings. The van der Waals surface area contributed by atoms with Gasteiger partial charge in [0.25, 0.3) is 0 Å². The number of hydrogen-bond donors (Lipinski definition) is 0. The Hall–Kier alpha value is -2.64. The molecule has 0 aliphatic carbocycles. The third-order valence-corrected chi connectivity index (χ3v) is 4.88. The van der Waals surface area contributed by atoms with Gasteiger partial charge in [-0.2, -0.15) is 0 Å². The Morgan fingerprint density at radius 1 is 0.680 bits per heavy atom. The van der Waals surface area contributed by atoms with Gasteiger partial charge in [-0.3, -0.25) is 4.90 Å². The van der Waals surface area contributed by atoms with Crippen LogP contribution >= 0.6 is 0 Å². The maximum Gasteiger partial charge on any atom is 0.0237 e. The summed E-state index contributed by atoms with van der Waals surface area (Å²) >= 11 is 0. The van der Waals surface area contributed by atoms with Crippen molar-refractivity contribution in [3.63, 3.8) is 0 Å². The van der Waals surface area contributed by atoms with Gasteiger partial charge in [0.15, 0.2) is 0 Å². The van der Waals surface area contributed by atoms with Crippen LogP contribution in [0.2, 0.25) is 0 Å². The Labute approximate surface area is 150 Å². The van der Waals surface area contributed by atoms with Gasteiger partial charge < -0.3 is 0 Å². The minimum Gasteiger partial charge on any atom is -0.295 e. The number of nitrogens with zero attached hydrogens (tertiary/aromatic N) is 1. The molecule has 4 rings (SSSR count). The summed E-state index contributed by atoms with van der Waals surface area (Å²) in [5.74, 6) is 0. The van der Waals surface area contributed by atoms with Crippen LogP contribution < -0.4 is 0 Å². The molecule has 0 N–H and O–H groups in total. The highest BCUT2D eigenvalue weighted by Crippen LogP contribution is 2.24. The average molecular weight is 325 g/mol. The fraction of sp³-hybridized carbons (Fsp3) is 0.167. The summed E-state index contributed by atoms with van der Waals surface area (Å²) in [7, 11) is 0. The molecule has 1 aliphatic heterocycles. The molecule has 1 heterocycles. The molecule has 0 spiro atoms. The van der Waals surface area contributed by atoms with Crippen LogP contribution in [0.4, 0.5) is 0 Å².